The number of rotatable bonds is 1. The molecule has 0 spiro atoms. The van der Waals surface area contributed by atoms with Crippen molar-refractivity contribution in [3.63, 3.8) is 0 Å². The summed E-state index contributed by atoms with van der Waals surface area (Å²) < 4.78 is 0. The Morgan fingerprint density at radius 1 is 1.43 bits per heavy atom. The third kappa shape index (κ3) is 1.62. The molecule has 2 rings (SSSR count). The number of anilines is 1. The maximum atomic E-state index is 11.2. The predicted molar refractivity (Wildman–Crippen MR) is 55.3 cm³/mol. The second-order valence-corrected chi connectivity index (χ2v) is 3.97. The van der Waals surface area contributed by atoms with Crippen molar-refractivity contribution in [2.45, 2.75) is 32.6 Å². The van der Waals surface area contributed by atoms with Crippen LogP contribution >= 0.6 is 0 Å². The van der Waals surface area contributed by atoms with E-state index >= 15 is 0 Å². The van der Waals surface area contributed by atoms with Crippen LogP contribution in [-0.4, -0.2) is 10.9 Å². The van der Waals surface area contributed by atoms with Gasteiger partial charge >= 0.3 is 0 Å². The summed E-state index contributed by atoms with van der Waals surface area (Å²) in [5.41, 5.74) is 3.12. The van der Waals surface area contributed by atoms with Crippen molar-refractivity contribution < 1.29 is 4.79 Å². The van der Waals surface area contributed by atoms with Crippen LogP contribution in [0.5, 0.6) is 0 Å². The third-order valence-corrected chi connectivity index (χ3v) is 2.49. The molecular weight excluding hydrogens is 176 g/mol. The van der Waals surface area contributed by atoms with E-state index in [0.717, 1.165) is 23.4 Å². The number of nitrogens with one attached hydrogen (secondary N) is 1. The number of nitrogens with zero attached hydrogens (tertiary/aromatic N) is 1. The summed E-state index contributed by atoms with van der Waals surface area (Å²) in [5, 5.41) is 2.88. The zero-order chi connectivity index (χ0) is 10.1. The largest absolute Gasteiger partial charge is 0.326 e. The molecule has 3 nitrogen and oxygen atoms in total. The number of aryl methyl sites for hydroxylation is 1. The zero-order valence-corrected chi connectivity index (χ0v) is 8.50. The highest BCUT2D eigenvalue weighted by Crippen LogP contribution is 2.24. The summed E-state index contributed by atoms with van der Waals surface area (Å²) in [6.45, 7) is 4.19. The van der Waals surface area contributed by atoms with Crippen LogP contribution in [0, 0.1) is 0 Å². The topological polar surface area (TPSA) is 42.0 Å². The molecule has 0 saturated heterocycles. The molecular formula is C11H14N2O. The highest BCUT2D eigenvalue weighted by molar-refractivity contribution is 5.93. The molecule has 0 bridgehead atoms. The van der Waals surface area contributed by atoms with Crippen molar-refractivity contribution in [1.29, 1.82) is 0 Å². The normalized spacial score (nSPS) is 15.2. The van der Waals surface area contributed by atoms with Gasteiger partial charge in [-0.3, -0.25) is 9.78 Å². The van der Waals surface area contributed by atoms with E-state index in [9.17, 15) is 4.79 Å². The number of aromatic nitrogens is 1. The van der Waals surface area contributed by atoms with Gasteiger partial charge in [0.2, 0.25) is 5.91 Å². The Morgan fingerprint density at radius 3 is 2.93 bits per heavy atom. The van der Waals surface area contributed by atoms with E-state index < -0.39 is 0 Å². The molecule has 1 aromatic rings. The van der Waals surface area contributed by atoms with Crippen LogP contribution < -0.4 is 5.32 Å². The summed E-state index contributed by atoms with van der Waals surface area (Å²) in [5.74, 6) is 0.512. The molecule has 1 amide bonds. The minimum Gasteiger partial charge on any atom is -0.326 e. The first kappa shape index (κ1) is 9.19. The predicted octanol–water partition coefficient (Wildman–Crippen LogP) is 2.09. The molecule has 0 atom stereocenters. The van der Waals surface area contributed by atoms with Gasteiger partial charge in [0.15, 0.2) is 0 Å². The van der Waals surface area contributed by atoms with E-state index in [-0.39, 0.29) is 5.91 Å². The highest BCUT2D eigenvalue weighted by Gasteiger charge is 2.15. The van der Waals surface area contributed by atoms with E-state index in [1.807, 2.05) is 12.3 Å². The standard InChI is InChI=1S/C11H14N2O/c1-7(2)9-5-10-8(6-12-9)3-4-11(14)13-10/h5-7H,3-4H2,1-2H3,(H,13,14). The van der Waals surface area contributed by atoms with Crippen molar-refractivity contribution in [2.24, 2.45) is 0 Å². The Hall–Kier alpha value is -1.38. The van der Waals surface area contributed by atoms with Gasteiger partial charge in [0.25, 0.3) is 0 Å². The number of hydrogen-bond acceptors (Lipinski definition) is 2. The van der Waals surface area contributed by atoms with Gasteiger partial charge in [0.05, 0.1) is 0 Å². The van der Waals surface area contributed by atoms with Crippen molar-refractivity contribution in [3.8, 4) is 0 Å². The number of fused-ring (bicyclic) bond motifs is 1. The Kier molecular flexibility index (Phi) is 2.23. The lowest BCUT2D eigenvalue weighted by Gasteiger charge is -2.17. The van der Waals surface area contributed by atoms with Crippen LogP contribution in [0.15, 0.2) is 12.3 Å². The first-order valence-electron chi connectivity index (χ1n) is 4.95. The van der Waals surface area contributed by atoms with Gasteiger partial charge in [-0.15, -0.1) is 0 Å². The Labute approximate surface area is 83.5 Å². The van der Waals surface area contributed by atoms with E-state index in [0.29, 0.717) is 12.3 Å². The Bertz CT molecular complexity index is 372. The monoisotopic (exact) mass is 190 g/mol. The van der Waals surface area contributed by atoms with Crippen molar-refractivity contribution in [3.05, 3.63) is 23.5 Å². The third-order valence-electron chi connectivity index (χ3n) is 2.49. The average Bonchev–Trinajstić information content (AvgIpc) is 2.16. The first-order valence-corrected chi connectivity index (χ1v) is 4.95. The summed E-state index contributed by atoms with van der Waals surface area (Å²) in [6.07, 6.45) is 3.27. The molecule has 0 radical (unpaired) electrons. The lowest BCUT2D eigenvalue weighted by atomic mass is 10.0. The molecule has 1 N–H and O–H groups in total. The SMILES string of the molecule is CC(C)c1cc2c(cn1)CCC(=O)N2. The van der Waals surface area contributed by atoms with Crippen LogP contribution in [0.1, 0.15) is 37.4 Å². The zero-order valence-electron chi connectivity index (χ0n) is 8.50. The maximum absolute atomic E-state index is 11.2. The number of carbonyl (C=O) groups is 1. The second kappa shape index (κ2) is 3.40. The van der Waals surface area contributed by atoms with Crippen molar-refractivity contribution in [2.75, 3.05) is 5.32 Å². The lowest BCUT2D eigenvalue weighted by molar-refractivity contribution is -0.116. The molecule has 74 valence electrons. The summed E-state index contributed by atoms with van der Waals surface area (Å²) >= 11 is 0. The van der Waals surface area contributed by atoms with Gasteiger partial charge in [-0.1, -0.05) is 13.8 Å². The van der Waals surface area contributed by atoms with E-state index in [2.05, 4.69) is 24.1 Å². The fourth-order valence-corrected chi connectivity index (χ4v) is 1.59. The minimum atomic E-state index is 0.110. The van der Waals surface area contributed by atoms with E-state index in [4.69, 9.17) is 0 Å². The Balaban J connectivity index is 2.37. The molecule has 0 saturated carbocycles. The van der Waals surface area contributed by atoms with Crippen LogP contribution in [0.2, 0.25) is 0 Å². The van der Waals surface area contributed by atoms with Gasteiger partial charge in [-0.05, 0) is 24.0 Å². The molecule has 0 aliphatic carbocycles. The van der Waals surface area contributed by atoms with Gasteiger partial charge in [-0.25, -0.2) is 0 Å². The minimum absolute atomic E-state index is 0.110. The van der Waals surface area contributed by atoms with E-state index in [1.165, 1.54) is 0 Å². The molecule has 2 heterocycles. The van der Waals surface area contributed by atoms with Crippen molar-refractivity contribution in [1.82, 2.24) is 4.98 Å². The maximum Gasteiger partial charge on any atom is 0.224 e. The van der Waals surface area contributed by atoms with Crippen LogP contribution in [0.3, 0.4) is 0 Å². The highest BCUT2D eigenvalue weighted by atomic mass is 16.1. The fraction of sp³-hybridized carbons (Fsp3) is 0.455. The Morgan fingerprint density at radius 2 is 2.21 bits per heavy atom. The van der Waals surface area contributed by atoms with Crippen molar-refractivity contribution >= 4 is 11.6 Å². The molecule has 14 heavy (non-hydrogen) atoms. The van der Waals surface area contributed by atoms with Gasteiger partial charge in [0, 0.05) is 24.0 Å². The number of pyridine rings is 1. The van der Waals surface area contributed by atoms with Gasteiger partial charge in [0.1, 0.15) is 0 Å². The average molecular weight is 190 g/mol. The molecule has 0 fully saturated rings. The molecule has 0 aromatic carbocycles. The molecule has 1 aliphatic rings. The summed E-state index contributed by atoms with van der Waals surface area (Å²) in [6, 6.07) is 1.98. The molecule has 3 heteroatoms. The summed E-state index contributed by atoms with van der Waals surface area (Å²) in [7, 11) is 0. The molecule has 1 aromatic heterocycles. The van der Waals surface area contributed by atoms with Crippen LogP contribution in [-0.2, 0) is 11.2 Å². The molecule has 1 aliphatic heterocycles. The lowest BCUT2D eigenvalue weighted by Crippen LogP contribution is -2.19. The van der Waals surface area contributed by atoms with E-state index in [1.54, 1.807) is 0 Å². The van der Waals surface area contributed by atoms with Crippen LogP contribution in [0.4, 0.5) is 5.69 Å². The number of carbonyl (C=O) groups excluding carboxylic acids is 1. The number of hydrogen-bond donors (Lipinski definition) is 1. The van der Waals surface area contributed by atoms with Crippen LogP contribution in [0.25, 0.3) is 0 Å². The molecule has 0 unspecified atom stereocenters. The number of amides is 1. The smallest absolute Gasteiger partial charge is 0.224 e. The quantitative estimate of drug-likeness (QED) is 0.736. The summed E-state index contributed by atoms with van der Waals surface area (Å²) in [4.78, 5) is 15.5. The fourth-order valence-electron chi connectivity index (χ4n) is 1.59. The van der Waals surface area contributed by atoms with Gasteiger partial charge < -0.3 is 5.32 Å². The van der Waals surface area contributed by atoms with Gasteiger partial charge in [-0.2, -0.15) is 0 Å². The first-order chi connectivity index (χ1) is 6.66. The second-order valence-electron chi connectivity index (χ2n) is 3.97.